The molecule has 1 saturated heterocycles. The molecule has 1 atom stereocenters. The highest BCUT2D eigenvalue weighted by molar-refractivity contribution is 5.72. The highest BCUT2D eigenvalue weighted by Crippen LogP contribution is 2.19. The van der Waals surface area contributed by atoms with E-state index >= 15 is 0 Å². The van der Waals surface area contributed by atoms with Crippen LogP contribution >= 0.6 is 0 Å². The molecule has 0 amide bonds. The number of nitrogens with one attached hydrogen (secondary N) is 2. The number of aromatic nitrogens is 1. The number of oxazole rings is 1. The molecule has 2 aromatic rings. The van der Waals surface area contributed by atoms with Crippen molar-refractivity contribution in [1.82, 2.24) is 10.3 Å². The van der Waals surface area contributed by atoms with Gasteiger partial charge >= 0.3 is 5.76 Å². The zero-order chi connectivity index (χ0) is 11.0. The molecule has 2 heterocycles. The van der Waals surface area contributed by atoms with Crippen molar-refractivity contribution >= 4 is 11.1 Å². The molecule has 1 aliphatic heterocycles. The largest absolute Gasteiger partial charge is 0.417 e. The standard InChI is InChI=1S/C11H12N2O3/c14-11-13-8-5-7(1-2-10(8)16-11)9-6-15-4-3-12-9/h1-2,5,9,12H,3-4,6H2,(H,13,14). The lowest BCUT2D eigenvalue weighted by Gasteiger charge is -2.23. The Morgan fingerprint density at radius 1 is 1.38 bits per heavy atom. The van der Waals surface area contributed by atoms with Crippen LogP contribution < -0.4 is 11.1 Å². The third-order valence-corrected chi connectivity index (χ3v) is 2.77. The van der Waals surface area contributed by atoms with Gasteiger partial charge in [-0.1, -0.05) is 6.07 Å². The van der Waals surface area contributed by atoms with Gasteiger partial charge in [-0.2, -0.15) is 0 Å². The van der Waals surface area contributed by atoms with Gasteiger partial charge in [0.1, 0.15) is 0 Å². The molecule has 0 radical (unpaired) electrons. The molecule has 0 saturated carbocycles. The zero-order valence-electron chi connectivity index (χ0n) is 8.66. The number of morpholine rings is 1. The highest BCUT2D eigenvalue weighted by atomic mass is 16.5. The third-order valence-electron chi connectivity index (χ3n) is 2.77. The van der Waals surface area contributed by atoms with Crippen molar-refractivity contribution < 1.29 is 9.15 Å². The van der Waals surface area contributed by atoms with E-state index in [1.54, 1.807) is 6.07 Å². The van der Waals surface area contributed by atoms with Crippen LogP contribution in [-0.2, 0) is 4.74 Å². The Labute approximate surface area is 91.4 Å². The molecule has 1 aromatic carbocycles. The van der Waals surface area contributed by atoms with Crippen LogP contribution in [0.4, 0.5) is 0 Å². The van der Waals surface area contributed by atoms with Crippen LogP contribution in [0.3, 0.4) is 0 Å². The first-order valence-corrected chi connectivity index (χ1v) is 5.27. The van der Waals surface area contributed by atoms with Crippen molar-refractivity contribution in [3.8, 4) is 0 Å². The van der Waals surface area contributed by atoms with E-state index in [0.29, 0.717) is 12.2 Å². The average Bonchev–Trinajstić information content (AvgIpc) is 2.69. The van der Waals surface area contributed by atoms with Gasteiger partial charge in [0.05, 0.1) is 24.8 Å². The van der Waals surface area contributed by atoms with Gasteiger partial charge in [-0.3, -0.25) is 4.98 Å². The summed E-state index contributed by atoms with van der Waals surface area (Å²) in [5, 5.41) is 3.36. The molecular formula is C11H12N2O3. The molecule has 1 unspecified atom stereocenters. The maximum absolute atomic E-state index is 11.0. The number of fused-ring (bicyclic) bond motifs is 1. The van der Waals surface area contributed by atoms with E-state index in [-0.39, 0.29) is 6.04 Å². The van der Waals surface area contributed by atoms with E-state index < -0.39 is 5.76 Å². The van der Waals surface area contributed by atoms with Crippen molar-refractivity contribution in [2.24, 2.45) is 0 Å². The molecule has 16 heavy (non-hydrogen) atoms. The van der Waals surface area contributed by atoms with E-state index in [2.05, 4.69) is 10.3 Å². The summed E-state index contributed by atoms with van der Waals surface area (Å²) in [5.74, 6) is -0.417. The predicted octanol–water partition coefficient (Wildman–Crippen LogP) is 0.782. The Bertz CT molecular complexity index is 552. The second kappa shape index (κ2) is 3.77. The molecule has 5 nitrogen and oxygen atoms in total. The van der Waals surface area contributed by atoms with Crippen LogP contribution in [0.25, 0.3) is 11.1 Å². The van der Waals surface area contributed by atoms with Crippen LogP contribution in [0.5, 0.6) is 0 Å². The predicted molar refractivity (Wildman–Crippen MR) is 58.4 cm³/mol. The van der Waals surface area contributed by atoms with E-state index in [1.165, 1.54) is 0 Å². The van der Waals surface area contributed by atoms with Gasteiger partial charge in [-0.05, 0) is 17.7 Å². The minimum absolute atomic E-state index is 0.191. The van der Waals surface area contributed by atoms with Gasteiger partial charge in [-0.25, -0.2) is 4.79 Å². The molecule has 1 aliphatic rings. The Kier molecular flexibility index (Phi) is 2.27. The van der Waals surface area contributed by atoms with Gasteiger partial charge in [0.25, 0.3) is 0 Å². The maximum Gasteiger partial charge on any atom is 0.417 e. The van der Waals surface area contributed by atoms with Gasteiger partial charge in [-0.15, -0.1) is 0 Å². The number of hydrogen-bond donors (Lipinski definition) is 2. The Hall–Kier alpha value is -1.59. The Morgan fingerprint density at radius 3 is 3.12 bits per heavy atom. The molecule has 0 bridgehead atoms. The average molecular weight is 220 g/mol. The summed E-state index contributed by atoms with van der Waals surface area (Å²) in [6.07, 6.45) is 0. The SMILES string of the molecule is O=c1[nH]c2cc(C3COCCN3)ccc2o1. The van der Waals surface area contributed by atoms with Crippen molar-refractivity contribution in [2.45, 2.75) is 6.04 Å². The lowest BCUT2D eigenvalue weighted by atomic mass is 10.1. The summed E-state index contributed by atoms with van der Waals surface area (Å²) in [6.45, 7) is 2.26. The smallest absolute Gasteiger partial charge is 0.408 e. The van der Waals surface area contributed by atoms with Gasteiger partial charge in [0.2, 0.25) is 0 Å². The number of hydrogen-bond acceptors (Lipinski definition) is 4. The van der Waals surface area contributed by atoms with Crippen molar-refractivity contribution in [2.75, 3.05) is 19.8 Å². The van der Waals surface area contributed by atoms with Crippen LogP contribution in [0.15, 0.2) is 27.4 Å². The molecule has 3 rings (SSSR count). The molecular weight excluding hydrogens is 208 g/mol. The summed E-state index contributed by atoms with van der Waals surface area (Å²) < 4.78 is 10.3. The van der Waals surface area contributed by atoms with E-state index in [4.69, 9.17) is 9.15 Å². The van der Waals surface area contributed by atoms with Crippen molar-refractivity contribution in [1.29, 1.82) is 0 Å². The minimum Gasteiger partial charge on any atom is -0.408 e. The summed E-state index contributed by atoms with van der Waals surface area (Å²) in [6, 6.07) is 5.87. The second-order valence-corrected chi connectivity index (χ2v) is 3.85. The monoisotopic (exact) mass is 220 g/mol. The fourth-order valence-corrected chi connectivity index (χ4v) is 1.97. The molecule has 5 heteroatoms. The summed E-state index contributed by atoms with van der Waals surface area (Å²) in [5.41, 5.74) is 2.42. The fourth-order valence-electron chi connectivity index (χ4n) is 1.97. The molecule has 1 fully saturated rings. The Balaban J connectivity index is 2.00. The Morgan fingerprint density at radius 2 is 2.31 bits per heavy atom. The minimum atomic E-state index is -0.417. The van der Waals surface area contributed by atoms with E-state index in [0.717, 1.165) is 24.2 Å². The van der Waals surface area contributed by atoms with Crippen LogP contribution in [-0.4, -0.2) is 24.7 Å². The van der Waals surface area contributed by atoms with Crippen LogP contribution in [0.2, 0.25) is 0 Å². The van der Waals surface area contributed by atoms with Crippen LogP contribution in [0.1, 0.15) is 11.6 Å². The first kappa shape index (κ1) is 9.62. The zero-order valence-corrected chi connectivity index (χ0v) is 8.66. The van der Waals surface area contributed by atoms with Crippen LogP contribution in [0, 0.1) is 0 Å². The van der Waals surface area contributed by atoms with Gasteiger partial charge in [0, 0.05) is 6.54 Å². The lowest BCUT2D eigenvalue weighted by molar-refractivity contribution is 0.0769. The quantitative estimate of drug-likeness (QED) is 0.745. The molecule has 84 valence electrons. The number of H-pyrrole nitrogens is 1. The topological polar surface area (TPSA) is 67.3 Å². The van der Waals surface area contributed by atoms with Crippen molar-refractivity contribution in [3.05, 3.63) is 34.3 Å². The first-order chi connectivity index (χ1) is 7.83. The first-order valence-electron chi connectivity index (χ1n) is 5.27. The summed E-state index contributed by atoms with van der Waals surface area (Å²) >= 11 is 0. The van der Waals surface area contributed by atoms with Crippen molar-refractivity contribution in [3.63, 3.8) is 0 Å². The van der Waals surface area contributed by atoms with E-state index in [1.807, 2.05) is 12.1 Å². The molecule has 1 aromatic heterocycles. The lowest BCUT2D eigenvalue weighted by Crippen LogP contribution is -2.34. The summed E-state index contributed by atoms with van der Waals surface area (Å²) in [7, 11) is 0. The number of rotatable bonds is 1. The number of benzene rings is 1. The second-order valence-electron chi connectivity index (χ2n) is 3.85. The normalized spacial score (nSPS) is 21.4. The molecule has 2 N–H and O–H groups in total. The summed E-state index contributed by atoms with van der Waals surface area (Å²) in [4.78, 5) is 13.7. The fraction of sp³-hybridized carbons (Fsp3) is 0.364. The maximum atomic E-state index is 11.0. The third kappa shape index (κ3) is 1.64. The van der Waals surface area contributed by atoms with E-state index in [9.17, 15) is 4.79 Å². The molecule has 0 aliphatic carbocycles. The van der Waals surface area contributed by atoms with Gasteiger partial charge in [0.15, 0.2) is 5.58 Å². The highest BCUT2D eigenvalue weighted by Gasteiger charge is 2.15. The molecule has 0 spiro atoms. The number of ether oxygens (including phenoxy) is 1. The number of aromatic amines is 1. The van der Waals surface area contributed by atoms with Gasteiger partial charge < -0.3 is 14.5 Å².